The van der Waals surface area contributed by atoms with Gasteiger partial charge in [-0.25, -0.2) is 0 Å². The summed E-state index contributed by atoms with van der Waals surface area (Å²) in [6.07, 6.45) is 0. The number of hydrogen-bond donors (Lipinski definition) is 2. The number of allylic oxidation sites excluding steroid dienone is 1. The van der Waals surface area contributed by atoms with E-state index >= 15 is 0 Å². The summed E-state index contributed by atoms with van der Waals surface area (Å²) in [5.41, 5.74) is 8.33. The highest BCUT2D eigenvalue weighted by Gasteiger charge is 2.07. The highest BCUT2D eigenvalue weighted by atomic mass is 15.0. The van der Waals surface area contributed by atoms with Crippen molar-refractivity contribution in [2.75, 3.05) is 6.54 Å². The van der Waals surface area contributed by atoms with Crippen LogP contribution in [0.3, 0.4) is 0 Å². The van der Waals surface area contributed by atoms with Gasteiger partial charge in [0, 0.05) is 24.5 Å². The molecule has 0 radical (unpaired) electrons. The molecule has 0 atom stereocenters. The molecule has 134 valence electrons. The van der Waals surface area contributed by atoms with E-state index in [4.69, 9.17) is 0 Å². The van der Waals surface area contributed by atoms with E-state index in [2.05, 4.69) is 68.1 Å². The van der Waals surface area contributed by atoms with E-state index in [-0.39, 0.29) is 0 Å². The van der Waals surface area contributed by atoms with Crippen LogP contribution in [0, 0.1) is 6.92 Å². The monoisotopic (exact) mass is 344 g/mol. The molecule has 0 spiro atoms. The van der Waals surface area contributed by atoms with Gasteiger partial charge in [-0.1, -0.05) is 80.4 Å². The molecule has 2 aromatic rings. The van der Waals surface area contributed by atoms with Crippen LogP contribution in [-0.4, -0.2) is 6.54 Å². The number of aryl methyl sites for hydroxylation is 1. The van der Waals surface area contributed by atoms with E-state index < -0.39 is 0 Å². The Bertz CT molecular complexity index is 843. The van der Waals surface area contributed by atoms with Crippen molar-refractivity contribution in [3.05, 3.63) is 108 Å². The van der Waals surface area contributed by atoms with E-state index in [1.807, 2.05) is 31.2 Å². The smallest absolute Gasteiger partial charge is 0.0499 e. The lowest BCUT2D eigenvalue weighted by Gasteiger charge is -2.17. The van der Waals surface area contributed by atoms with Crippen molar-refractivity contribution < 1.29 is 0 Å². The van der Waals surface area contributed by atoms with Crippen LogP contribution in [0.15, 0.2) is 86.2 Å². The molecule has 0 unspecified atom stereocenters. The highest BCUT2D eigenvalue weighted by molar-refractivity contribution is 5.78. The zero-order valence-corrected chi connectivity index (χ0v) is 15.9. The van der Waals surface area contributed by atoms with E-state index in [9.17, 15) is 0 Å². The van der Waals surface area contributed by atoms with Gasteiger partial charge in [0.25, 0.3) is 0 Å². The summed E-state index contributed by atoms with van der Waals surface area (Å²) >= 11 is 0. The third-order valence-corrected chi connectivity index (χ3v) is 4.40. The quantitative estimate of drug-likeness (QED) is 0.591. The number of benzene rings is 2. The highest BCUT2D eigenvalue weighted by Crippen LogP contribution is 2.23. The fourth-order valence-electron chi connectivity index (χ4n) is 2.70. The van der Waals surface area contributed by atoms with Gasteiger partial charge >= 0.3 is 0 Å². The summed E-state index contributed by atoms with van der Waals surface area (Å²) in [6.45, 7) is 21.9. The lowest BCUT2D eigenvalue weighted by atomic mass is 9.96. The fraction of sp³-hybridized carbons (Fsp3) is 0.167. The van der Waals surface area contributed by atoms with Crippen LogP contribution in [0.5, 0.6) is 0 Å². The molecule has 0 heterocycles. The van der Waals surface area contributed by atoms with Gasteiger partial charge in [0.1, 0.15) is 0 Å². The number of nitrogens with one attached hydrogen (secondary N) is 2. The minimum absolute atomic E-state index is 0.605. The SMILES string of the molecule is C=C(NCC(=C)c1ccccc1C(=C)C)C(=C)NCc1ccccc1C. The summed E-state index contributed by atoms with van der Waals surface area (Å²) in [5, 5.41) is 6.64. The topological polar surface area (TPSA) is 24.1 Å². The molecule has 0 aromatic heterocycles. The average Bonchev–Trinajstić information content (AvgIpc) is 2.64. The molecule has 2 N–H and O–H groups in total. The Balaban J connectivity index is 1.90. The maximum atomic E-state index is 4.21. The van der Waals surface area contributed by atoms with Crippen molar-refractivity contribution in [3.8, 4) is 0 Å². The first kappa shape index (κ1) is 19.3. The zero-order chi connectivity index (χ0) is 19.1. The van der Waals surface area contributed by atoms with Crippen molar-refractivity contribution in [2.24, 2.45) is 0 Å². The van der Waals surface area contributed by atoms with Crippen molar-refractivity contribution in [1.29, 1.82) is 0 Å². The lowest BCUT2D eigenvalue weighted by molar-refractivity contribution is 0.783. The number of hydrogen-bond acceptors (Lipinski definition) is 2. The second-order valence-electron chi connectivity index (χ2n) is 6.52. The van der Waals surface area contributed by atoms with Crippen LogP contribution in [0.4, 0.5) is 0 Å². The molecule has 26 heavy (non-hydrogen) atoms. The second-order valence-corrected chi connectivity index (χ2v) is 6.52. The average molecular weight is 345 g/mol. The second kappa shape index (κ2) is 8.91. The lowest BCUT2D eigenvalue weighted by Crippen LogP contribution is -2.23. The first-order valence-electron chi connectivity index (χ1n) is 8.73. The third-order valence-electron chi connectivity index (χ3n) is 4.40. The maximum Gasteiger partial charge on any atom is 0.0499 e. The fourth-order valence-corrected chi connectivity index (χ4v) is 2.70. The Kier molecular flexibility index (Phi) is 6.62. The molecule has 0 aliphatic heterocycles. The van der Waals surface area contributed by atoms with E-state index in [1.54, 1.807) is 0 Å². The summed E-state index contributed by atoms with van der Waals surface area (Å²) in [5.74, 6) is 0. The van der Waals surface area contributed by atoms with Crippen LogP contribution in [0.2, 0.25) is 0 Å². The molecule has 2 nitrogen and oxygen atoms in total. The summed E-state index contributed by atoms with van der Waals surface area (Å²) < 4.78 is 0. The van der Waals surface area contributed by atoms with Gasteiger partial charge in [0.2, 0.25) is 0 Å². The van der Waals surface area contributed by atoms with Crippen molar-refractivity contribution >= 4 is 11.1 Å². The summed E-state index contributed by atoms with van der Waals surface area (Å²) in [4.78, 5) is 0. The predicted octanol–water partition coefficient (Wildman–Crippen LogP) is 5.45. The summed E-state index contributed by atoms with van der Waals surface area (Å²) in [6, 6.07) is 16.5. The molecule has 0 aliphatic carbocycles. The Morgan fingerprint density at radius 3 is 2.04 bits per heavy atom. The molecule has 0 saturated carbocycles. The van der Waals surface area contributed by atoms with Gasteiger partial charge in [0.15, 0.2) is 0 Å². The maximum absolute atomic E-state index is 4.21. The van der Waals surface area contributed by atoms with Crippen molar-refractivity contribution in [2.45, 2.75) is 20.4 Å². The van der Waals surface area contributed by atoms with Crippen LogP contribution in [0.1, 0.15) is 29.2 Å². The largest absolute Gasteiger partial charge is 0.380 e. The molecule has 0 saturated heterocycles. The van der Waals surface area contributed by atoms with Crippen LogP contribution >= 0.6 is 0 Å². The van der Waals surface area contributed by atoms with Gasteiger partial charge in [-0.2, -0.15) is 0 Å². The molecular formula is C24H28N2. The molecular weight excluding hydrogens is 316 g/mol. The standard InChI is InChI=1S/C24H28N2/c1-17(2)23-13-9-10-14-24(23)19(4)15-25-20(5)21(6)26-16-22-12-8-7-11-18(22)3/h7-14,25-26H,1,4-6,15-16H2,2-3H3. The minimum atomic E-state index is 0.605. The molecule has 0 amide bonds. The minimum Gasteiger partial charge on any atom is -0.380 e. The van der Waals surface area contributed by atoms with E-state index in [0.717, 1.165) is 40.2 Å². The molecule has 0 fully saturated rings. The van der Waals surface area contributed by atoms with Gasteiger partial charge in [-0.3, -0.25) is 0 Å². The number of rotatable bonds is 9. The zero-order valence-electron chi connectivity index (χ0n) is 15.9. The molecule has 2 aromatic carbocycles. The van der Waals surface area contributed by atoms with E-state index in [1.165, 1.54) is 11.1 Å². The molecule has 2 heteroatoms. The Hall–Kier alpha value is -3.00. The third kappa shape index (κ3) is 5.00. The first-order valence-corrected chi connectivity index (χ1v) is 8.73. The summed E-state index contributed by atoms with van der Waals surface area (Å²) in [7, 11) is 0. The van der Waals surface area contributed by atoms with Gasteiger partial charge in [0.05, 0.1) is 0 Å². The van der Waals surface area contributed by atoms with Crippen LogP contribution in [-0.2, 0) is 6.54 Å². The Morgan fingerprint density at radius 1 is 0.808 bits per heavy atom. The van der Waals surface area contributed by atoms with Gasteiger partial charge in [-0.15, -0.1) is 0 Å². The van der Waals surface area contributed by atoms with Gasteiger partial charge in [-0.05, 0) is 41.7 Å². The Morgan fingerprint density at radius 2 is 1.38 bits per heavy atom. The normalized spacial score (nSPS) is 10.1. The first-order chi connectivity index (χ1) is 12.4. The van der Waals surface area contributed by atoms with E-state index in [0.29, 0.717) is 6.54 Å². The van der Waals surface area contributed by atoms with Crippen molar-refractivity contribution in [3.63, 3.8) is 0 Å². The van der Waals surface area contributed by atoms with Gasteiger partial charge < -0.3 is 10.6 Å². The molecule has 2 rings (SSSR count). The van der Waals surface area contributed by atoms with Crippen LogP contribution < -0.4 is 10.6 Å². The molecule has 0 bridgehead atoms. The molecule has 0 aliphatic rings. The predicted molar refractivity (Wildman–Crippen MR) is 114 cm³/mol. The Labute approximate surface area is 157 Å². The van der Waals surface area contributed by atoms with Crippen molar-refractivity contribution in [1.82, 2.24) is 10.6 Å². The van der Waals surface area contributed by atoms with Crippen LogP contribution in [0.25, 0.3) is 11.1 Å².